The Morgan fingerprint density at radius 2 is 2.05 bits per heavy atom. The first-order valence-corrected chi connectivity index (χ1v) is 5.86. The van der Waals surface area contributed by atoms with Crippen LogP contribution in [0.1, 0.15) is 17.3 Å². The second-order valence-corrected chi connectivity index (χ2v) is 4.09. The summed E-state index contributed by atoms with van der Waals surface area (Å²) in [6.45, 7) is 1.58. The highest BCUT2D eigenvalue weighted by Crippen LogP contribution is 2.16. The second kappa shape index (κ2) is 5.48. The van der Waals surface area contributed by atoms with Crippen LogP contribution in [0.5, 0.6) is 0 Å². The zero-order valence-electron chi connectivity index (χ0n) is 10.7. The largest absolute Gasteiger partial charge is 0.467 e. The third-order valence-electron chi connectivity index (χ3n) is 2.79. The fraction of sp³-hybridized carbons (Fsp3) is 0.214. The Balaban J connectivity index is 2.29. The van der Waals surface area contributed by atoms with Crippen molar-refractivity contribution in [2.24, 2.45) is 0 Å². The van der Waals surface area contributed by atoms with E-state index in [0.29, 0.717) is 5.56 Å². The molecule has 1 atom stereocenters. The smallest absolute Gasteiger partial charge is 0.328 e. The van der Waals surface area contributed by atoms with Gasteiger partial charge in [-0.3, -0.25) is 9.78 Å². The summed E-state index contributed by atoms with van der Waals surface area (Å²) in [5.74, 6) is -0.803. The number of amides is 1. The number of carbonyl (C=O) groups is 2. The second-order valence-electron chi connectivity index (χ2n) is 4.09. The van der Waals surface area contributed by atoms with Crippen molar-refractivity contribution in [1.29, 1.82) is 0 Å². The summed E-state index contributed by atoms with van der Waals surface area (Å²) >= 11 is 0. The summed E-state index contributed by atoms with van der Waals surface area (Å²) in [5, 5.41) is 3.35. The molecule has 1 aromatic carbocycles. The van der Waals surface area contributed by atoms with Gasteiger partial charge < -0.3 is 10.1 Å². The summed E-state index contributed by atoms with van der Waals surface area (Å²) < 4.78 is 4.57. The molecule has 98 valence electrons. The van der Waals surface area contributed by atoms with E-state index in [2.05, 4.69) is 15.0 Å². The summed E-state index contributed by atoms with van der Waals surface area (Å²) in [6.07, 6.45) is 1.67. The van der Waals surface area contributed by atoms with Gasteiger partial charge in [0.15, 0.2) is 0 Å². The van der Waals surface area contributed by atoms with E-state index in [4.69, 9.17) is 0 Å². The molecule has 0 spiro atoms. The number of rotatable bonds is 3. The van der Waals surface area contributed by atoms with Crippen molar-refractivity contribution in [1.82, 2.24) is 10.3 Å². The first-order chi connectivity index (χ1) is 9.13. The molecule has 0 aliphatic rings. The lowest BCUT2D eigenvalue weighted by atomic mass is 10.1. The van der Waals surface area contributed by atoms with Crippen molar-refractivity contribution >= 4 is 22.8 Å². The van der Waals surface area contributed by atoms with Gasteiger partial charge in [0.05, 0.1) is 12.6 Å². The lowest BCUT2D eigenvalue weighted by Gasteiger charge is -2.12. The van der Waals surface area contributed by atoms with Gasteiger partial charge in [-0.2, -0.15) is 0 Å². The minimum atomic E-state index is -0.690. The Morgan fingerprint density at radius 1 is 1.26 bits per heavy atom. The number of ether oxygens (including phenoxy) is 1. The average Bonchev–Trinajstić information content (AvgIpc) is 2.45. The molecule has 2 rings (SSSR count). The molecule has 5 heteroatoms. The monoisotopic (exact) mass is 258 g/mol. The highest BCUT2D eigenvalue weighted by molar-refractivity contribution is 6.07. The van der Waals surface area contributed by atoms with Gasteiger partial charge >= 0.3 is 5.97 Å². The molecule has 0 aliphatic heterocycles. The molecular weight excluding hydrogens is 244 g/mol. The van der Waals surface area contributed by atoms with Crippen LogP contribution in [0, 0.1) is 0 Å². The van der Waals surface area contributed by atoms with Crippen molar-refractivity contribution in [3.63, 3.8) is 0 Å². The Labute approximate surface area is 110 Å². The minimum absolute atomic E-state index is 0.323. The number of hydrogen-bond acceptors (Lipinski definition) is 4. The SMILES string of the molecule is COC(=O)C(C)NC(=O)c1cccc2ncccc12. The van der Waals surface area contributed by atoms with E-state index in [-0.39, 0.29) is 5.91 Å². The number of fused-ring (bicyclic) bond motifs is 1. The molecule has 1 amide bonds. The van der Waals surface area contributed by atoms with Gasteiger partial charge in [-0.25, -0.2) is 4.79 Å². The lowest BCUT2D eigenvalue weighted by Crippen LogP contribution is -2.39. The number of carbonyl (C=O) groups excluding carboxylic acids is 2. The molecule has 19 heavy (non-hydrogen) atoms. The number of esters is 1. The zero-order chi connectivity index (χ0) is 13.8. The average molecular weight is 258 g/mol. The summed E-state index contributed by atoms with van der Waals surface area (Å²) in [6, 6.07) is 8.18. The van der Waals surface area contributed by atoms with Crippen LogP contribution in [-0.2, 0) is 9.53 Å². The number of benzene rings is 1. The van der Waals surface area contributed by atoms with Crippen LogP contribution in [-0.4, -0.2) is 30.0 Å². The predicted molar refractivity (Wildman–Crippen MR) is 70.7 cm³/mol. The fourth-order valence-electron chi connectivity index (χ4n) is 1.81. The third kappa shape index (κ3) is 2.70. The molecule has 0 aliphatic carbocycles. The molecule has 1 unspecified atom stereocenters. The highest BCUT2D eigenvalue weighted by atomic mass is 16.5. The number of hydrogen-bond donors (Lipinski definition) is 1. The van der Waals surface area contributed by atoms with E-state index in [0.717, 1.165) is 10.9 Å². The van der Waals surface area contributed by atoms with E-state index < -0.39 is 12.0 Å². The molecular formula is C14H14N2O3. The molecule has 0 radical (unpaired) electrons. The molecule has 0 saturated heterocycles. The quantitative estimate of drug-likeness (QED) is 0.848. The maximum absolute atomic E-state index is 12.1. The number of methoxy groups -OCH3 is 1. The van der Waals surface area contributed by atoms with Gasteiger partial charge in [0.1, 0.15) is 6.04 Å². The highest BCUT2D eigenvalue weighted by Gasteiger charge is 2.18. The third-order valence-corrected chi connectivity index (χ3v) is 2.79. The fourth-order valence-corrected chi connectivity index (χ4v) is 1.81. The molecule has 2 aromatic rings. The maximum atomic E-state index is 12.1. The van der Waals surface area contributed by atoms with Crippen LogP contribution in [0.2, 0.25) is 0 Å². The first kappa shape index (κ1) is 13.0. The van der Waals surface area contributed by atoms with Crippen LogP contribution < -0.4 is 5.32 Å². The van der Waals surface area contributed by atoms with E-state index in [1.165, 1.54) is 7.11 Å². The van der Waals surface area contributed by atoms with Gasteiger partial charge in [-0.1, -0.05) is 12.1 Å². The van der Waals surface area contributed by atoms with Crippen LogP contribution in [0.3, 0.4) is 0 Å². The number of nitrogens with zero attached hydrogens (tertiary/aromatic N) is 1. The summed E-state index contributed by atoms with van der Waals surface area (Å²) in [4.78, 5) is 27.6. The van der Waals surface area contributed by atoms with E-state index >= 15 is 0 Å². The van der Waals surface area contributed by atoms with Crippen molar-refractivity contribution in [3.8, 4) is 0 Å². The van der Waals surface area contributed by atoms with Gasteiger partial charge in [0.25, 0.3) is 5.91 Å². The number of aromatic nitrogens is 1. The van der Waals surface area contributed by atoms with Crippen molar-refractivity contribution < 1.29 is 14.3 Å². The molecule has 0 bridgehead atoms. The molecule has 1 heterocycles. The van der Waals surface area contributed by atoms with Gasteiger partial charge in [0, 0.05) is 17.1 Å². The molecule has 0 saturated carbocycles. The molecule has 5 nitrogen and oxygen atoms in total. The van der Waals surface area contributed by atoms with Crippen molar-refractivity contribution in [2.45, 2.75) is 13.0 Å². The van der Waals surface area contributed by atoms with Crippen molar-refractivity contribution in [3.05, 3.63) is 42.1 Å². The van der Waals surface area contributed by atoms with Crippen LogP contribution in [0.4, 0.5) is 0 Å². The maximum Gasteiger partial charge on any atom is 0.328 e. The summed E-state index contributed by atoms with van der Waals surface area (Å²) in [5.41, 5.74) is 1.22. The Hall–Kier alpha value is -2.43. The van der Waals surface area contributed by atoms with Crippen LogP contribution >= 0.6 is 0 Å². The standard InChI is InChI=1S/C14H14N2O3/c1-9(14(18)19-2)16-13(17)11-5-3-7-12-10(11)6-4-8-15-12/h3-9H,1-2H3,(H,16,17). The zero-order valence-corrected chi connectivity index (χ0v) is 10.7. The number of pyridine rings is 1. The molecule has 0 fully saturated rings. The predicted octanol–water partition coefficient (Wildman–Crippen LogP) is 1.53. The number of nitrogens with one attached hydrogen (secondary N) is 1. The molecule has 1 N–H and O–H groups in total. The van der Waals surface area contributed by atoms with Crippen LogP contribution in [0.15, 0.2) is 36.5 Å². The van der Waals surface area contributed by atoms with E-state index in [1.54, 1.807) is 31.3 Å². The first-order valence-electron chi connectivity index (χ1n) is 5.86. The van der Waals surface area contributed by atoms with Crippen LogP contribution in [0.25, 0.3) is 10.9 Å². The van der Waals surface area contributed by atoms with Gasteiger partial charge in [-0.15, -0.1) is 0 Å². The van der Waals surface area contributed by atoms with Gasteiger partial charge in [0.2, 0.25) is 0 Å². The van der Waals surface area contributed by atoms with E-state index in [9.17, 15) is 9.59 Å². The topological polar surface area (TPSA) is 68.3 Å². The normalized spacial score (nSPS) is 11.9. The Morgan fingerprint density at radius 3 is 2.79 bits per heavy atom. The minimum Gasteiger partial charge on any atom is -0.467 e. The van der Waals surface area contributed by atoms with E-state index in [1.807, 2.05) is 12.1 Å². The Kier molecular flexibility index (Phi) is 3.75. The molecule has 1 aromatic heterocycles. The summed E-state index contributed by atoms with van der Waals surface area (Å²) in [7, 11) is 1.28. The Bertz CT molecular complexity index is 620. The van der Waals surface area contributed by atoms with Crippen molar-refractivity contribution in [2.75, 3.05) is 7.11 Å². The van der Waals surface area contributed by atoms with Gasteiger partial charge in [-0.05, 0) is 25.1 Å². The lowest BCUT2D eigenvalue weighted by molar-refractivity contribution is -0.142.